The van der Waals surface area contributed by atoms with E-state index in [2.05, 4.69) is 0 Å². The summed E-state index contributed by atoms with van der Waals surface area (Å²) in [6.07, 6.45) is 0. The van der Waals surface area contributed by atoms with Crippen LogP contribution < -0.4 is 5.73 Å². The lowest BCUT2D eigenvalue weighted by Crippen LogP contribution is -2.18. The lowest BCUT2D eigenvalue weighted by molar-refractivity contribution is -0.119. The van der Waals surface area contributed by atoms with Crippen LogP contribution in [0.5, 0.6) is 0 Å². The highest BCUT2D eigenvalue weighted by atomic mass is 16.1. The summed E-state index contributed by atoms with van der Waals surface area (Å²) in [5.41, 5.74) is 6.10. The predicted octanol–water partition coefficient (Wildman–Crippen LogP) is 1.52. The van der Waals surface area contributed by atoms with Crippen LogP contribution in [-0.4, -0.2) is 5.91 Å². The fourth-order valence-corrected chi connectivity index (χ4v) is 0.906. The van der Waals surface area contributed by atoms with Crippen molar-refractivity contribution in [3.63, 3.8) is 0 Å². The minimum atomic E-state index is -0.281. The van der Waals surface area contributed by atoms with Crippen molar-refractivity contribution in [2.45, 2.75) is 12.8 Å². The standard InChI is InChI=1S/C9H11NO.H2/c1-7(9(10)11)8-5-3-2-4-6-8;/h2-7H,1H3,(H2,10,11);1H. The predicted molar refractivity (Wildman–Crippen MR) is 46.2 cm³/mol. The molecule has 1 rings (SSSR count). The largest absolute Gasteiger partial charge is 0.369 e. The van der Waals surface area contributed by atoms with Crippen LogP contribution in [0.1, 0.15) is 19.8 Å². The third-order valence-electron chi connectivity index (χ3n) is 1.73. The summed E-state index contributed by atoms with van der Waals surface area (Å²) in [6.45, 7) is 1.80. The third-order valence-corrected chi connectivity index (χ3v) is 1.73. The molecule has 2 N–H and O–H groups in total. The van der Waals surface area contributed by atoms with Crippen molar-refractivity contribution in [3.05, 3.63) is 35.9 Å². The van der Waals surface area contributed by atoms with Crippen molar-refractivity contribution < 1.29 is 6.22 Å². The number of nitrogens with two attached hydrogens (primary N) is 1. The lowest BCUT2D eigenvalue weighted by Gasteiger charge is -2.05. The van der Waals surface area contributed by atoms with E-state index in [0.29, 0.717) is 0 Å². The van der Waals surface area contributed by atoms with Gasteiger partial charge in [0.1, 0.15) is 0 Å². The van der Waals surface area contributed by atoms with E-state index >= 15 is 0 Å². The highest BCUT2D eigenvalue weighted by molar-refractivity contribution is 5.81. The van der Waals surface area contributed by atoms with Crippen LogP contribution in [-0.2, 0) is 4.79 Å². The number of carbonyl (C=O) groups is 1. The second-order valence-electron chi connectivity index (χ2n) is 2.53. The number of benzene rings is 1. The molecule has 0 heterocycles. The van der Waals surface area contributed by atoms with Gasteiger partial charge in [-0.05, 0) is 12.5 Å². The molecule has 1 amide bonds. The summed E-state index contributed by atoms with van der Waals surface area (Å²) >= 11 is 0. The SMILES string of the molecule is CC(C(N)=O)c1ccccc1.[HH]. The Bertz CT molecular complexity index is 248. The molecule has 0 aliphatic carbocycles. The van der Waals surface area contributed by atoms with Crippen molar-refractivity contribution in [1.29, 1.82) is 0 Å². The van der Waals surface area contributed by atoms with E-state index in [1.54, 1.807) is 6.92 Å². The second kappa shape index (κ2) is 3.19. The molecule has 0 aromatic heterocycles. The fraction of sp³-hybridized carbons (Fsp3) is 0.222. The quantitative estimate of drug-likeness (QED) is 0.684. The van der Waals surface area contributed by atoms with Crippen LogP contribution in [0, 0.1) is 0 Å². The van der Waals surface area contributed by atoms with E-state index < -0.39 is 0 Å². The van der Waals surface area contributed by atoms with Gasteiger partial charge in [-0.2, -0.15) is 0 Å². The Kier molecular flexibility index (Phi) is 2.26. The first kappa shape index (κ1) is 7.79. The van der Waals surface area contributed by atoms with Gasteiger partial charge in [0, 0.05) is 1.43 Å². The highest BCUT2D eigenvalue weighted by Crippen LogP contribution is 2.12. The lowest BCUT2D eigenvalue weighted by atomic mass is 10.0. The monoisotopic (exact) mass is 151 g/mol. The average Bonchev–Trinajstić information content (AvgIpc) is 2.05. The van der Waals surface area contributed by atoms with Gasteiger partial charge in [-0.25, -0.2) is 0 Å². The maximum absolute atomic E-state index is 10.7. The molecule has 0 fully saturated rings. The number of primary amides is 1. The summed E-state index contributed by atoms with van der Waals surface area (Å²) in [7, 11) is 0. The van der Waals surface area contributed by atoms with Crippen LogP contribution in [0.25, 0.3) is 0 Å². The van der Waals surface area contributed by atoms with E-state index in [0.717, 1.165) is 5.56 Å². The smallest absolute Gasteiger partial charge is 0.224 e. The molecule has 0 saturated carbocycles. The molecule has 0 spiro atoms. The van der Waals surface area contributed by atoms with E-state index in [4.69, 9.17) is 5.73 Å². The van der Waals surface area contributed by atoms with Gasteiger partial charge >= 0.3 is 0 Å². The number of amides is 1. The first-order valence-electron chi connectivity index (χ1n) is 3.56. The summed E-state index contributed by atoms with van der Waals surface area (Å²) < 4.78 is 0. The van der Waals surface area contributed by atoms with E-state index in [1.807, 2.05) is 30.3 Å². The molecule has 1 atom stereocenters. The highest BCUT2D eigenvalue weighted by Gasteiger charge is 2.09. The number of rotatable bonds is 2. The van der Waals surface area contributed by atoms with Gasteiger partial charge in [-0.3, -0.25) is 4.79 Å². The second-order valence-corrected chi connectivity index (χ2v) is 2.53. The van der Waals surface area contributed by atoms with Crippen molar-refractivity contribution >= 4 is 5.91 Å². The van der Waals surface area contributed by atoms with Gasteiger partial charge < -0.3 is 5.73 Å². The van der Waals surface area contributed by atoms with Gasteiger partial charge in [0.25, 0.3) is 0 Å². The minimum absolute atomic E-state index is 0. The van der Waals surface area contributed by atoms with Gasteiger partial charge in [0.2, 0.25) is 5.91 Å². The molecule has 2 nitrogen and oxygen atoms in total. The maximum Gasteiger partial charge on any atom is 0.224 e. The van der Waals surface area contributed by atoms with Gasteiger partial charge in [-0.15, -0.1) is 0 Å². The van der Waals surface area contributed by atoms with Crippen LogP contribution in [0.4, 0.5) is 0 Å². The summed E-state index contributed by atoms with van der Waals surface area (Å²) in [6, 6.07) is 9.51. The molecule has 0 aliphatic heterocycles. The van der Waals surface area contributed by atoms with Crippen LogP contribution >= 0.6 is 0 Å². The Morgan fingerprint density at radius 3 is 2.45 bits per heavy atom. The van der Waals surface area contributed by atoms with E-state index in [-0.39, 0.29) is 13.3 Å². The van der Waals surface area contributed by atoms with Crippen molar-refractivity contribution in [2.24, 2.45) is 5.73 Å². The zero-order valence-electron chi connectivity index (χ0n) is 6.45. The first-order chi connectivity index (χ1) is 5.22. The maximum atomic E-state index is 10.7. The van der Waals surface area contributed by atoms with Crippen LogP contribution in [0.2, 0.25) is 0 Å². The van der Waals surface area contributed by atoms with Gasteiger partial charge in [0.05, 0.1) is 5.92 Å². The van der Waals surface area contributed by atoms with Crippen molar-refractivity contribution in [2.75, 3.05) is 0 Å². The topological polar surface area (TPSA) is 43.1 Å². The van der Waals surface area contributed by atoms with Crippen LogP contribution in [0.15, 0.2) is 30.3 Å². The molecule has 1 aromatic carbocycles. The van der Waals surface area contributed by atoms with Crippen molar-refractivity contribution in [1.82, 2.24) is 0 Å². The zero-order valence-corrected chi connectivity index (χ0v) is 6.45. The van der Waals surface area contributed by atoms with E-state index in [9.17, 15) is 4.79 Å². The van der Waals surface area contributed by atoms with E-state index in [1.165, 1.54) is 0 Å². The molecule has 11 heavy (non-hydrogen) atoms. The molecule has 60 valence electrons. The zero-order chi connectivity index (χ0) is 8.27. The molecule has 0 radical (unpaired) electrons. The average molecular weight is 151 g/mol. The Balaban J connectivity index is 0.00000121. The molecule has 1 aromatic rings. The third kappa shape index (κ3) is 1.80. The van der Waals surface area contributed by atoms with Crippen LogP contribution in [0.3, 0.4) is 0 Å². The molecule has 0 aliphatic rings. The summed E-state index contributed by atoms with van der Waals surface area (Å²) in [5.74, 6) is -0.465. The Hall–Kier alpha value is -1.31. The molecule has 2 heteroatoms. The normalized spacial score (nSPS) is 12.5. The Morgan fingerprint density at radius 2 is 2.00 bits per heavy atom. The molecule has 0 saturated heterocycles. The summed E-state index contributed by atoms with van der Waals surface area (Å²) in [4.78, 5) is 10.7. The van der Waals surface area contributed by atoms with Gasteiger partial charge in [-0.1, -0.05) is 30.3 Å². The Labute approximate surface area is 67.5 Å². The molecular formula is C9H13NO. The Morgan fingerprint density at radius 1 is 1.45 bits per heavy atom. The number of hydrogen-bond donors (Lipinski definition) is 1. The number of hydrogen-bond acceptors (Lipinski definition) is 1. The molecule has 0 bridgehead atoms. The van der Waals surface area contributed by atoms with Gasteiger partial charge in [0.15, 0.2) is 0 Å². The molecule has 1 unspecified atom stereocenters. The first-order valence-corrected chi connectivity index (χ1v) is 3.56. The van der Waals surface area contributed by atoms with Crippen molar-refractivity contribution in [3.8, 4) is 0 Å². The fourth-order valence-electron chi connectivity index (χ4n) is 0.906. The summed E-state index contributed by atoms with van der Waals surface area (Å²) in [5, 5.41) is 0. The molecular weight excluding hydrogens is 138 g/mol. The number of carbonyl (C=O) groups excluding carboxylic acids is 1. The minimum Gasteiger partial charge on any atom is -0.369 e.